The van der Waals surface area contributed by atoms with E-state index in [0.29, 0.717) is 16.4 Å². The predicted octanol–water partition coefficient (Wildman–Crippen LogP) is 4.53. The first-order valence-electron chi connectivity index (χ1n) is 8.11. The monoisotopic (exact) mass is 367 g/mol. The van der Waals surface area contributed by atoms with Crippen LogP contribution < -0.4 is 4.90 Å². The van der Waals surface area contributed by atoms with Gasteiger partial charge in [0, 0.05) is 5.70 Å². The van der Waals surface area contributed by atoms with Crippen molar-refractivity contribution in [3.63, 3.8) is 0 Å². The number of carbonyl (C=O) groups is 2. The van der Waals surface area contributed by atoms with Crippen LogP contribution in [0.4, 0.5) is 5.69 Å². The molecule has 2 aromatic rings. The number of para-hydroxylation sites is 1. The van der Waals surface area contributed by atoms with Gasteiger partial charge >= 0.3 is 5.97 Å². The molecule has 0 unspecified atom stereocenters. The fraction of sp³-hybridized carbons (Fsp3) is 0.143. The molecule has 1 amide bonds. The molecule has 26 heavy (non-hydrogen) atoms. The molecule has 4 nitrogen and oxygen atoms in total. The van der Waals surface area contributed by atoms with Gasteiger partial charge in [0.1, 0.15) is 0 Å². The van der Waals surface area contributed by atoms with Crippen LogP contribution in [0.2, 0.25) is 5.02 Å². The van der Waals surface area contributed by atoms with Crippen LogP contribution in [0.1, 0.15) is 18.1 Å². The van der Waals surface area contributed by atoms with Crippen LogP contribution in [0, 0.1) is 6.92 Å². The van der Waals surface area contributed by atoms with Gasteiger partial charge in [-0.3, -0.25) is 9.69 Å². The van der Waals surface area contributed by atoms with E-state index in [1.54, 1.807) is 37.3 Å². The van der Waals surface area contributed by atoms with E-state index in [9.17, 15) is 9.59 Å². The number of allylic oxidation sites excluding steroid dienone is 1. The number of methoxy groups -OCH3 is 1. The van der Waals surface area contributed by atoms with Crippen molar-refractivity contribution < 1.29 is 14.3 Å². The lowest BCUT2D eigenvalue weighted by Crippen LogP contribution is -2.24. The van der Waals surface area contributed by atoms with E-state index in [1.165, 1.54) is 12.0 Å². The lowest BCUT2D eigenvalue weighted by Gasteiger charge is -2.19. The zero-order chi connectivity index (χ0) is 18.8. The zero-order valence-electron chi connectivity index (χ0n) is 14.7. The van der Waals surface area contributed by atoms with Crippen molar-refractivity contribution in [3.05, 3.63) is 81.5 Å². The quantitative estimate of drug-likeness (QED) is 0.591. The maximum Gasteiger partial charge on any atom is 0.340 e. The average molecular weight is 368 g/mol. The highest BCUT2D eigenvalue weighted by molar-refractivity contribution is 6.35. The van der Waals surface area contributed by atoms with Gasteiger partial charge in [-0.05, 0) is 37.6 Å². The number of nitrogens with zero attached hydrogens (tertiary/aromatic N) is 1. The van der Waals surface area contributed by atoms with E-state index in [0.717, 1.165) is 11.1 Å². The summed E-state index contributed by atoms with van der Waals surface area (Å²) in [5.41, 5.74) is 3.51. The molecule has 0 aromatic heterocycles. The molecule has 3 rings (SSSR count). The summed E-state index contributed by atoms with van der Waals surface area (Å²) in [5.74, 6) is -0.861. The second kappa shape index (κ2) is 7.18. The first-order valence-corrected chi connectivity index (χ1v) is 8.48. The maximum absolute atomic E-state index is 13.1. The molecule has 1 heterocycles. The minimum absolute atomic E-state index is 0.248. The normalized spacial score (nSPS) is 15.8. The van der Waals surface area contributed by atoms with Gasteiger partial charge in [-0.25, -0.2) is 4.79 Å². The molecule has 0 aliphatic carbocycles. The second-order valence-electron chi connectivity index (χ2n) is 6.01. The lowest BCUT2D eigenvalue weighted by molar-refractivity contribution is -0.136. The highest BCUT2D eigenvalue weighted by Crippen LogP contribution is 2.38. The minimum Gasteiger partial charge on any atom is -0.465 e. The van der Waals surface area contributed by atoms with E-state index in [4.69, 9.17) is 16.3 Å². The van der Waals surface area contributed by atoms with E-state index < -0.39 is 5.97 Å². The number of halogens is 1. The Kier molecular flexibility index (Phi) is 4.96. The van der Waals surface area contributed by atoms with Crippen molar-refractivity contribution in [3.8, 4) is 0 Å². The van der Waals surface area contributed by atoms with Crippen LogP contribution in [0.3, 0.4) is 0 Å². The molecular weight excluding hydrogens is 350 g/mol. The van der Waals surface area contributed by atoms with Crippen LogP contribution in [-0.4, -0.2) is 19.0 Å². The molecule has 1 aliphatic heterocycles. The number of rotatable bonds is 3. The molecule has 132 valence electrons. The highest BCUT2D eigenvalue weighted by atomic mass is 35.5. The van der Waals surface area contributed by atoms with Crippen LogP contribution in [0.15, 0.2) is 65.4 Å². The molecule has 0 radical (unpaired) electrons. The molecular formula is C21H18ClNO3. The fourth-order valence-corrected chi connectivity index (χ4v) is 3.15. The van der Waals surface area contributed by atoms with Crippen molar-refractivity contribution in [1.82, 2.24) is 0 Å². The third-order valence-corrected chi connectivity index (χ3v) is 4.59. The van der Waals surface area contributed by atoms with E-state index in [2.05, 4.69) is 0 Å². The molecule has 0 saturated heterocycles. The van der Waals surface area contributed by atoms with Gasteiger partial charge in [0.15, 0.2) is 0 Å². The van der Waals surface area contributed by atoms with Crippen molar-refractivity contribution in [2.75, 3.05) is 12.0 Å². The summed E-state index contributed by atoms with van der Waals surface area (Å²) in [7, 11) is 1.30. The van der Waals surface area contributed by atoms with Crippen LogP contribution >= 0.6 is 11.6 Å². The van der Waals surface area contributed by atoms with Crippen LogP contribution in [0.5, 0.6) is 0 Å². The predicted molar refractivity (Wildman–Crippen MR) is 103 cm³/mol. The summed E-state index contributed by atoms with van der Waals surface area (Å²) in [4.78, 5) is 26.9. The van der Waals surface area contributed by atoms with E-state index in [1.807, 2.05) is 31.2 Å². The molecule has 5 heteroatoms. The number of hydrogen-bond acceptors (Lipinski definition) is 3. The summed E-state index contributed by atoms with van der Waals surface area (Å²) in [6.07, 6.45) is 1.70. The zero-order valence-corrected chi connectivity index (χ0v) is 15.5. The highest BCUT2D eigenvalue weighted by Gasteiger charge is 2.38. The van der Waals surface area contributed by atoms with Gasteiger partial charge in [0.05, 0.1) is 29.0 Å². The number of hydrogen-bond donors (Lipinski definition) is 0. The number of aryl methyl sites for hydroxylation is 1. The number of esters is 1. The third-order valence-electron chi connectivity index (χ3n) is 4.27. The van der Waals surface area contributed by atoms with Gasteiger partial charge in [-0.15, -0.1) is 0 Å². The van der Waals surface area contributed by atoms with Crippen LogP contribution in [0.25, 0.3) is 6.08 Å². The van der Waals surface area contributed by atoms with Gasteiger partial charge < -0.3 is 4.74 Å². The topological polar surface area (TPSA) is 46.6 Å². The molecule has 1 aliphatic rings. The van der Waals surface area contributed by atoms with E-state index >= 15 is 0 Å². The Morgan fingerprint density at radius 2 is 1.73 bits per heavy atom. The number of carbonyl (C=O) groups excluding carboxylic acids is 2. The lowest BCUT2D eigenvalue weighted by atomic mass is 10.0. The smallest absolute Gasteiger partial charge is 0.340 e. The van der Waals surface area contributed by atoms with Crippen molar-refractivity contribution in [2.24, 2.45) is 0 Å². The van der Waals surface area contributed by atoms with E-state index in [-0.39, 0.29) is 17.1 Å². The largest absolute Gasteiger partial charge is 0.465 e. The molecule has 0 fully saturated rings. The Labute approximate surface area is 157 Å². The third kappa shape index (κ3) is 3.16. The molecule has 0 spiro atoms. The first-order chi connectivity index (χ1) is 12.4. The standard InChI is InChI=1S/C21H18ClNO3/c1-13-8-10-15(11-9-13)12-16-19(21(25)26-3)14(2)23(20(16)24)18-7-5-4-6-17(18)22/h4-12H,1-3H3. The number of amides is 1. The number of anilines is 1. The summed E-state index contributed by atoms with van der Waals surface area (Å²) < 4.78 is 4.90. The fourth-order valence-electron chi connectivity index (χ4n) is 2.93. The van der Waals surface area contributed by atoms with Gasteiger partial charge in [0.2, 0.25) is 0 Å². The number of ether oxygens (including phenoxy) is 1. The Bertz CT molecular complexity index is 942. The van der Waals surface area contributed by atoms with Crippen LogP contribution in [-0.2, 0) is 14.3 Å². The van der Waals surface area contributed by atoms with Gasteiger partial charge in [-0.1, -0.05) is 53.6 Å². The van der Waals surface area contributed by atoms with Gasteiger partial charge in [-0.2, -0.15) is 0 Å². The SMILES string of the molecule is COC(=O)C1=C(C)N(c2ccccc2Cl)C(=O)C1=Cc1ccc(C)cc1. The number of benzene rings is 2. The van der Waals surface area contributed by atoms with Gasteiger partial charge in [0.25, 0.3) is 5.91 Å². The maximum atomic E-state index is 13.1. The molecule has 0 saturated carbocycles. The average Bonchev–Trinajstić information content (AvgIpc) is 2.87. The Morgan fingerprint density at radius 1 is 1.08 bits per heavy atom. The van der Waals surface area contributed by atoms with Crippen molar-refractivity contribution in [2.45, 2.75) is 13.8 Å². The summed E-state index contributed by atoms with van der Waals surface area (Å²) in [5, 5.41) is 0.431. The summed E-state index contributed by atoms with van der Waals surface area (Å²) >= 11 is 6.27. The molecule has 0 bridgehead atoms. The Morgan fingerprint density at radius 3 is 2.35 bits per heavy atom. The molecule has 2 aromatic carbocycles. The first kappa shape index (κ1) is 18.0. The summed E-state index contributed by atoms with van der Waals surface area (Å²) in [6, 6.07) is 14.7. The molecule has 0 N–H and O–H groups in total. The second-order valence-corrected chi connectivity index (χ2v) is 6.42. The van der Waals surface area contributed by atoms with Crippen molar-refractivity contribution >= 4 is 35.2 Å². The Balaban J connectivity index is 2.16. The molecule has 0 atom stereocenters. The Hall–Kier alpha value is -2.85. The van der Waals surface area contributed by atoms with Crippen molar-refractivity contribution in [1.29, 1.82) is 0 Å². The summed E-state index contributed by atoms with van der Waals surface area (Å²) in [6.45, 7) is 3.70. The minimum atomic E-state index is -0.552.